The minimum atomic E-state index is -0.370. The highest BCUT2D eigenvalue weighted by atomic mass is 16.5. The molecule has 0 atom stereocenters. The first kappa shape index (κ1) is 14.1. The van der Waals surface area contributed by atoms with Crippen molar-refractivity contribution in [1.29, 1.82) is 0 Å². The van der Waals surface area contributed by atoms with Crippen LogP contribution in [0, 0.1) is 0 Å². The standard InChI is InChI=1S/C17H16N2O3/c1-22-13-6-4-5-12(11-13)14-9-10-19(17(21)18-14)15-7-2-3-8-16(15)20/h2-8,11,20H,9-10H2,1H3. The van der Waals surface area contributed by atoms with Gasteiger partial charge in [-0.2, -0.15) is 4.99 Å². The molecular formula is C17H16N2O3. The minimum Gasteiger partial charge on any atom is -0.506 e. The average Bonchev–Trinajstić information content (AvgIpc) is 2.56. The van der Waals surface area contributed by atoms with Gasteiger partial charge in [-0.3, -0.25) is 4.90 Å². The smallest absolute Gasteiger partial charge is 0.348 e. The molecular weight excluding hydrogens is 280 g/mol. The maximum Gasteiger partial charge on any atom is 0.348 e. The molecule has 0 aromatic heterocycles. The van der Waals surface area contributed by atoms with Gasteiger partial charge in [0.2, 0.25) is 0 Å². The first-order valence-corrected chi connectivity index (χ1v) is 7.00. The Hall–Kier alpha value is -2.82. The number of methoxy groups -OCH3 is 1. The first-order chi connectivity index (χ1) is 10.7. The van der Waals surface area contributed by atoms with E-state index in [9.17, 15) is 9.90 Å². The number of rotatable bonds is 3. The maximum atomic E-state index is 12.3. The quantitative estimate of drug-likeness (QED) is 0.946. The number of phenols is 1. The van der Waals surface area contributed by atoms with Crippen molar-refractivity contribution in [2.24, 2.45) is 4.99 Å². The SMILES string of the molecule is COc1cccc(C2=NC(=O)N(c3ccccc3O)CC2)c1. The van der Waals surface area contributed by atoms with Crippen molar-refractivity contribution in [2.45, 2.75) is 6.42 Å². The lowest BCUT2D eigenvalue weighted by Gasteiger charge is -2.26. The maximum absolute atomic E-state index is 12.3. The first-order valence-electron chi connectivity index (χ1n) is 7.00. The molecule has 2 amide bonds. The van der Waals surface area contributed by atoms with Crippen LogP contribution in [-0.2, 0) is 0 Å². The highest BCUT2D eigenvalue weighted by Gasteiger charge is 2.24. The van der Waals surface area contributed by atoms with Gasteiger partial charge in [0.05, 0.1) is 18.5 Å². The Morgan fingerprint density at radius 1 is 1.18 bits per heavy atom. The van der Waals surface area contributed by atoms with E-state index in [1.807, 2.05) is 24.3 Å². The molecule has 3 rings (SSSR count). The topological polar surface area (TPSA) is 62.1 Å². The van der Waals surface area contributed by atoms with Gasteiger partial charge in [-0.1, -0.05) is 24.3 Å². The number of phenolic OH excluding ortho intramolecular Hbond substituents is 1. The van der Waals surface area contributed by atoms with Gasteiger partial charge in [0.25, 0.3) is 0 Å². The lowest BCUT2D eigenvalue weighted by molar-refractivity contribution is 0.253. The Morgan fingerprint density at radius 2 is 2.00 bits per heavy atom. The molecule has 2 aromatic rings. The Balaban J connectivity index is 1.89. The molecule has 1 N–H and O–H groups in total. The highest BCUT2D eigenvalue weighted by molar-refractivity contribution is 6.12. The van der Waals surface area contributed by atoms with E-state index in [-0.39, 0.29) is 11.8 Å². The van der Waals surface area contributed by atoms with Crippen LogP contribution in [0.15, 0.2) is 53.5 Å². The number of carbonyl (C=O) groups is 1. The molecule has 0 saturated heterocycles. The van der Waals surface area contributed by atoms with E-state index in [0.717, 1.165) is 17.0 Å². The number of aromatic hydroxyl groups is 1. The molecule has 0 bridgehead atoms. The normalized spacial score (nSPS) is 14.7. The third kappa shape index (κ3) is 2.65. The van der Waals surface area contributed by atoms with Crippen LogP contribution < -0.4 is 9.64 Å². The number of carbonyl (C=O) groups excluding carboxylic acids is 1. The van der Waals surface area contributed by atoms with Crippen molar-refractivity contribution in [3.63, 3.8) is 0 Å². The molecule has 1 aliphatic rings. The average molecular weight is 296 g/mol. The molecule has 0 fully saturated rings. The van der Waals surface area contributed by atoms with Gasteiger partial charge in [-0.15, -0.1) is 0 Å². The van der Waals surface area contributed by atoms with Crippen molar-refractivity contribution >= 4 is 17.4 Å². The Bertz CT molecular complexity index is 740. The van der Waals surface area contributed by atoms with E-state index in [0.29, 0.717) is 18.7 Å². The van der Waals surface area contributed by atoms with Crippen molar-refractivity contribution in [3.05, 3.63) is 54.1 Å². The molecule has 0 spiro atoms. The second-order valence-corrected chi connectivity index (χ2v) is 4.96. The highest BCUT2D eigenvalue weighted by Crippen LogP contribution is 2.29. The fourth-order valence-electron chi connectivity index (χ4n) is 2.47. The van der Waals surface area contributed by atoms with Gasteiger partial charge in [-0.05, 0) is 29.8 Å². The summed E-state index contributed by atoms with van der Waals surface area (Å²) in [7, 11) is 1.60. The molecule has 0 aliphatic carbocycles. The van der Waals surface area contributed by atoms with E-state index >= 15 is 0 Å². The number of anilines is 1. The Kier molecular flexibility index (Phi) is 3.78. The van der Waals surface area contributed by atoms with Gasteiger partial charge in [-0.25, -0.2) is 4.79 Å². The molecule has 0 radical (unpaired) electrons. The van der Waals surface area contributed by atoms with Crippen LogP contribution in [-0.4, -0.2) is 30.5 Å². The second kappa shape index (κ2) is 5.89. The van der Waals surface area contributed by atoms with Crippen LogP contribution >= 0.6 is 0 Å². The van der Waals surface area contributed by atoms with Gasteiger partial charge < -0.3 is 9.84 Å². The third-order valence-corrected chi connectivity index (χ3v) is 3.61. The number of urea groups is 1. The summed E-state index contributed by atoms with van der Waals surface area (Å²) in [6.45, 7) is 0.479. The monoisotopic (exact) mass is 296 g/mol. The minimum absolute atomic E-state index is 0.0795. The number of nitrogens with zero attached hydrogens (tertiary/aromatic N) is 2. The molecule has 0 saturated carbocycles. The van der Waals surface area contributed by atoms with Gasteiger partial charge in [0.1, 0.15) is 11.5 Å². The van der Waals surface area contributed by atoms with E-state index in [1.54, 1.807) is 31.4 Å². The van der Waals surface area contributed by atoms with Crippen LogP contribution in [0.3, 0.4) is 0 Å². The van der Waals surface area contributed by atoms with Gasteiger partial charge in [0, 0.05) is 13.0 Å². The zero-order valence-corrected chi connectivity index (χ0v) is 12.2. The molecule has 5 heteroatoms. The van der Waals surface area contributed by atoms with Crippen LogP contribution in [0.25, 0.3) is 0 Å². The van der Waals surface area contributed by atoms with E-state index in [4.69, 9.17) is 4.74 Å². The lowest BCUT2D eigenvalue weighted by atomic mass is 10.1. The number of aliphatic imine (C=N–C) groups is 1. The second-order valence-electron chi connectivity index (χ2n) is 4.96. The predicted molar refractivity (Wildman–Crippen MR) is 85.0 cm³/mol. The summed E-state index contributed by atoms with van der Waals surface area (Å²) in [5, 5.41) is 9.87. The summed E-state index contributed by atoms with van der Waals surface area (Å²) >= 11 is 0. The number of ether oxygens (including phenoxy) is 1. The third-order valence-electron chi connectivity index (χ3n) is 3.61. The lowest BCUT2D eigenvalue weighted by Crippen LogP contribution is -2.35. The van der Waals surface area contributed by atoms with Crippen molar-refractivity contribution in [3.8, 4) is 11.5 Å². The van der Waals surface area contributed by atoms with E-state index in [2.05, 4.69) is 4.99 Å². The van der Waals surface area contributed by atoms with Crippen molar-refractivity contribution in [2.75, 3.05) is 18.6 Å². The number of benzene rings is 2. The largest absolute Gasteiger partial charge is 0.506 e. The number of amides is 2. The van der Waals surface area contributed by atoms with Crippen LogP contribution in [0.5, 0.6) is 11.5 Å². The summed E-state index contributed by atoms with van der Waals surface area (Å²) in [4.78, 5) is 17.9. The summed E-state index contributed by atoms with van der Waals surface area (Å²) in [5.74, 6) is 0.812. The number of hydrogen-bond donors (Lipinski definition) is 1. The van der Waals surface area contributed by atoms with Crippen LogP contribution in [0.4, 0.5) is 10.5 Å². The van der Waals surface area contributed by atoms with Crippen molar-refractivity contribution in [1.82, 2.24) is 0 Å². The van der Waals surface area contributed by atoms with E-state index in [1.165, 1.54) is 4.90 Å². The van der Waals surface area contributed by atoms with Gasteiger partial charge >= 0.3 is 6.03 Å². The molecule has 0 unspecified atom stereocenters. The number of hydrogen-bond acceptors (Lipinski definition) is 3. The fourth-order valence-corrected chi connectivity index (χ4v) is 2.47. The predicted octanol–water partition coefficient (Wildman–Crippen LogP) is 3.22. The molecule has 5 nitrogen and oxygen atoms in total. The zero-order valence-electron chi connectivity index (χ0n) is 12.2. The van der Waals surface area contributed by atoms with E-state index < -0.39 is 0 Å². The number of para-hydroxylation sites is 2. The summed E-state index contributed by atoms with van der Waals surface area (Å²) in [5.41, 5.74) is 2.10. The molecule has 2 aromatic carbocycles. The van der Waals surface area contributed by atoms with Crippen molar-refractivity contribution < 1.29 is 14.6 Å². The van der Waals surface area contributed by atoms with Gasteiger partial charge in [0.15, 0.2) is 0 Å². The zero-order chi connectivity index (χ0) is 15.5. The Morgan fingerprint density at radius 3 is 2.73 bits per heavy atom. The molecule has 112 valence electrons. The van der Waals surface area contributed by atoms with Crippen LogP contribution in [0.2, 0.25) is 0 Å². The summed E-state index contributed by atoms with van der Waals surface area (Å²) in [6.07, 6.45) is 0.618. The molecule has 22 heavy (non-hydrogen) atoms. The summed E-state index contributed by atoms with van der Waals surface area (Å²) in [6, 6.07) is 13.9. The fraction of sp³-hybridized carbons (Fsp3) is 0.176. The van der Waals surface area contributed by atoms with Crippen LogP contribution in [0.1, 0.15) is 12.0 Å². The molecule has 1 heterocycles. The Labute approximate surface area is 128 Å². The summed E-state index contributed by atoms with van der Waals surface area (Å²) < 4.78 is 5.20. The molecule has 1 aliphatic heterocycles.